The maximum absolute atomic E-state index is 5.62. The molecule has 1 nitrogen and oxygen atoms in total. The third-order valence-corrected chi connectivity index (χ3v) is 8.74. The quantitative estimate of drug-likeness (QED) is 0.121. The van der Waals surface area contributed by atoms with Crippen LogP contribution in [0.3, 0.4) is 0 Å². The Morgan fingerprint density at radius 1 is 0.444 bits per heavy atom. The average Bonchev–Trinajstić information content (AvgIpc) is 2.69. The van der Waals surface area contributed by atoms with Crippen molar-refractivity contribution in [2.24, 2.45) is 0 Å². The molecular weight excluding hydrogens is 360 g/mol. The molecule has 0 aliphatic heterocycles. The average molecular weight is 411 g/mol. The molecule has 0 rings (SSSR count). The summed E-state index contributed by atoms with van der Waals surface area (Å²) in [7, 11) is 2.77. The summed E-state index contributed by atoms with van der Waals surface area (Å²) in [6.07, 6.45) is 28.5. The first-order valence-electron chi connectivity index (χ1n) is 12.5. The van der Waals surface area contributed by atoms with Crippen LogP contribution in [0.15, 0.2) is 0 Å². The first kappa shape index (κ1) is 27.4. The normalized spacial score (nSPS) is 11.6. The summed E-state index contributed by atoms with van der Waals surface area (Å²) in [5.74, 6) is 0. The third kappa shape index (κ3) is 22.5. The van der Waals surface area contributed by atoms with E-state index >= 15 is 0 Å². The maximum Gasteiger partial charge on any atom is 0.229 e. The highest BCUT2D eigenvalue weighted by molar-refractivity contribution is 6.55. The van der Waals surface area contributed by atoms with E-state index < -0.39 is 9.04 Å². The second-order valence-electron chi connectivity index (χ2n) is 8.50. The predicted molar refractivity (Wildman–Crippen MR) is 126 cm³/mol. The van der Waals surface area contributed by atoms with Gasteiger partial charge in [-0.05, 0) is 12.1 Å². The number of hydrogen-bond acceptors (Lipinski definition) is 1. The first-order chi connectivity index (χ1) is 13.3. The van der Waals surface area contributed by atoms with Crippen molar-refractivity contribution in [3.05, 3.63) is 0 Å². The van der Waals surface area contributed by atoms with E-state index in [0.29, 0.717) is 0 Å². The third-order valence-electron chi connectivity index (χ3n) is 5.76. The monoisotopic (exact) mass is 410 g/mol. The summed E-state index contributed by atoms with van der Waals surface area (Å²) in [6.45, 7) is 4.59. The van der Waals surface area contributed by atoms with Crippen molar-refractivity contribution >= 4 is 19.5 Å². The highest BCUT2D eigenvalue weighted by Crippen LogP contribution is 2.16. The van der Waals surface area contributed by atoms with E-state index in [1.807, 2.05) is 0 Å². The van der Waals surface area contributed by atoms with Crippen molar-refractivity contribution < 1.29 is 4.12 Å². The molecule has 0 atom stereocenters. The van der Waals surface area contributed by atoms with Crippen LogP contribution in [-0.2, 0) is 4.12 Å². The molecule has 0 saturated carbocycles. The zero-order valence-electron chi connectivity index (χ0n) is 19.0. The maximum atomic E-state index is 5.62. The van der Waals surface area contributed by atoms with Gasteiger partial charge in [-0.1, -0.05) is 142 Å². The largest absolute Gasteiger partial charge is 0.457 e. The van der Waals surface area contributed by atoms with Crippen LogP contribution in [0.4, 0.5) is 0 Å². The molecule has 0 amide bonds. The summed E-state index contributed by atoms with van der Waals surface area (Å²) < 4.78 is 5.62. The van der Waals surface area contributed by atoms with E-state index in [4.69, 9.17) is 4.12 Å². The van der Waals surface area contributed by atoms with Crippen LogP contribution in [0.1, 0.15) is 142 Å². The van der Waals surface area contributed by atoms with Gasteiger partial charge in [-0.2, -0.15) is 0 Å². The fourth-order valence-corrected chi connectivity index (χ4v) is 6.20. The first-order valence-corrected chi connectivity index (χ1v) is 14.8. The zero-order valence-corrected chi connectivity index (χ0v) is 21.0. The van der Waals surface area contributed by atoms with Gasteiger partial charge in [0, 0.05) is 0 Å². The molecule has 0 heterocycles. The van der Waals surface area contributed by atoms with Gasteiger partial charge in [0.25, 0.3) is 0 Å². The van der Waals surface area contributed by atoms with Gasteiger partial charge in [0.1, 0.15) is 0 Å². The summed E-state index contributed by atoms with van der Waals surface area (Å²) >= 11 is 0. The Morgan fingerprint density at radius 3 is 0.963 bits per heavy atom. The molecule has 160 valence electrons. The van der Waals surface area contributed by atoms with Gasteiger partial charge in [-0.3, -0.25) is 0 Å². The van der Waals surface area contributed by atoms with Crippen LogP contribution < -0.4 is 0 Å². The lowest BCUT2D eigenvalue weighted by Crippen LogP contribution is -2.15. The molecule has 0 bridgehead atoms. The predicted octanol–water partition coefficient (Wildman–Crippen LogP) is 8.92. The van der Waals surface area contributed by atoms with Gasteiger partial charge in [0.2, 0.25) is 10.5 Å². The van der Waals surface area contributed by atoms with Crippen LogP contribution in [0, 0.1) is 0 Å². The van der Waals surface area contributed by atoms with Crippen molar-refractivity contribution in [2.45, 2.75) is 154 Å². The molecule has 27 heavy (non-hydrogen) atoms. The van der Waals surface area contributed by atoms with Gasteiger partial charge in [0.05, 0.1) is 0 Å². The lowest BCUT2D eigenvalue weighted by Gasteiger charge is -2.12. The second kappa shape index (κ2) is 24.4. The second-order valence-corrected chi connectivity index (χ2v) is 11.4. The van der Waals surface area contributed by atoms with E-state index in [1.165, 1.54) is 141 Å². The summed E-state index contributed by atoms with van der Waals surface area (Å²) in [5, 5.41) is 0. The van der Waals surface area contributed by atoms with Crippen LogP contribution in [0.2, 0.25) is 12.1 Å². The standard InChI is InChI=1S/C24H50OSi2/c1-3-5-7-9-11-13-15-17-19-21-23-27(25-26)24-22-20-18-16-14-12-10-8-6-4-2/h3-24H2,1-2H3. The summed E-state index contributed by atoms with van der Waals surface area (Å²) in [5.41, 5.74) is 0. The van der Waals surface area contributed by atoms with Crippen molar-refractivity contribution in [3.8, 4) is 0 Å². The minimum absolute atomic E-state index is 0.585. The molecule has 0 aromatic heterocycles. The minimum atomic E-state index is -0.585. The summed E-state index contributed by atoms with van der Waals surface area (Å²) in [4.78, 5) is 0. The van der Waals surface area contributed by atoms with Gasteiger partial charge < -0.3 is 4.12 Å². The Labute approximate surface area is 178 Å². The number of rotatable bonds is 23. The molecule has 0 N–H and O–H groups in total. The minimum Gasteiger partial charge on any atom is -0.457 e. The van der Waals surface area contributed by atoms with Crippen molar-refractivity contribution in [2.75, 3.05) is 0 Å². The van der Waals surface area contributed by atoms with Crippen LogP contribution in [0.5, 0.6) is 0 Å². The zero-order chi connectivity index (χ0) is 19.8. The molecule has 3 heteroatoms. The van der Waals surface area contributed by atoms with Crippen molar-refractivity contribution in [1.82, 2.24) is 0 Å². The topological polar surface area (TPSA) is 9.23 Å². The highest BCUT2D eigenvalue weighted by atomic mass is 28.3. The fourth-order valence-electron chi connectivity index (χ4n) is 3.85. The highest BCUT2D eigenvalue weighted by Gasteiger charge is 2.10. The SMILES string of the molecule is CCCCCCCCCCCC[Si](CCCCCCCCCCCC)O[Si]. The van der Waals surface area contributed by atoms with Gasteiger partial charge in [0.15, 0.2) is 9.04 Å². The Hall–Kier alpha value is 0.394. The molecule has 0 saturated heterocycles. The van der Waals surface area contributed by atoms with Gasteiger partial charge in [-0.25, -0.2) is 0 Å². The van der Waals surface area contributed by atoms with Crippen LogP contribution in [0.25, 0.3) is 0 Å². The Bertz CT molecular complexity index is 237. The molecule has 0 aromatic carbocycles. The van der Waals surface area contributed by atoms with Crippen molar-refractivity contribution in [3.63, 3.8) is 0 Å². The van der Waals surface area contributed by atoms with Crippen molar-refractivity contribution in [1.29, 1.82) is 0 Å². The van der Waals surface area contributed by atoms with E-state index in [0.717, 1.165) is 0 Å². The van der Waals surface area contributed by atoms with Crippen LogP contribution in [-0.4, -0.2) is 19.5 Å². The fraction of sp³-hybridized carbons (Fsp3) is 1.00. The molecule has 0 spiro atoms. The Morgan fingerprint density at radius 2 is 0.704 bits per heavy atom. The molecule has 0 aliphatic rings. The Balaban J connectivity index is 3.28. The molecule has 0 aliphatic carbocycles. The molecule has 0 fully saturated rings. The lowest BCUT2D eigenvalue weighted by molar-refractivity contribution is 0.548. The van der Waals surface area contributed by atoms with Gasteiger partial charge >= 0.3 is 0 Å². The smallest absolute Gasteiger partial charge is 0.229 e. The van der Waals surface area contributed by atoms with E-state index in [1.54, 1.807) is 0 Å². The van der Waals surface area contributed by atoms with Crippen LogP contribution >= 0.6 is 0 Å². The summed E-state index contributed by atoms with van der Waals surface area (Å²) in [6, 6.07) is 2.67. The molecular formula is C24H50OSi2. The molecule has 0 aromatic rings. The molecule has 0 unspecified atom stereocenters. The Kier molecular flexibility index (Phi) is 24.8. The van der Waals surface area contributed by atoms with Gasteiger partial charge in [-0.15, -0.1) is 0 Å². The lowest BCUT2D eigenvalue weighted by atomic mass is 10.1. The number of hydrogen-bond donors (Lipinski definition) is 0. The van der Waals surface area contributed by atoms with E-state index in [-0.39, 0.29) is 0 Å². The molecule has 4 radical (unpaired) electrons. The number of unbranched alkanes of at least 4 members (excludes halogenated alkanes) is 18. The van der Waals surface area contributed by atoms with E-state index in [2.05, 4.69) is 24.3 Å². The van der Waals surface area contributed by atoms with E-state index in [9.17, 15) is 0 Å².